The molecule has 1 aliphatic rings. The molecule has 0 bridgehead atoms. The number of carboxylic acid groups (broad SMARTS) is 4. The lowest BCUT2D eigenvalue weighted by Gasteiger charge is -2.51. The van der Waals surface area contributed by atoms with E-state index in [2.05, 4.69) is 0 Å². The molecular formula is C23H38O8. The third-order valence-electron chi connectivity index (χ3n) is 7.69. The SMILES string of the molecule is CCCC1CCCC(C)C(C(C(=O)O)(C(=O)O)C(C)C)C1C(C(=O)O)(C(=O)O)C(C)C. The summed E-state index contributed by atoms with van der Waals surface area (Å²) >= 11 is 0. The maximum Gasteiger partial charge on any atom is 0.321 e. The molecule has 1 fully saturated rings. The maximum absolute atomic E-state index is 12.7. The molecule has 4 atom stereocenters. The standard InChI is InChI=1S/C23H38O8/c1-7-9-15-11-8-10-14(6)16(22(12(2)3,18(24)25)19(26)27)17(15)23(13(4)5,20(28)29)21(30)31/h12-17H,7-11H2,1-6H3,(H,24,25)(H,26,27)(H,28,29)(H,30,31). The molecule has 4 unspecified atom stereocenters. The molecule has 0 spiro atoms. The zero-order valence-electron chi connectivity index (χ0n) is 19.4. The smallest absolute Gasteiger partial charge is 0.321 e. The summed E-state index contributed by atoms with van der Waals surface area (Å²) in [6, 6.07) is 0. The van der Waals surface area contributed by atoms with Gasteiger partial charge in [-0.2, -0.15) is 0 Å². The molecule has 8 nitrogen and oxygen atoms in total. The third kappa shape index (κ3) is 4.17. The average molecular weight is 443 g/mol. The molecule has 1 rings (SSSR count). The lowest BCUT2D eigenvalue weighted by atomic mass is 9.49. The Morgan fingerprint density at radius 3 is 1.48 bits per heavy atom. The third-order valence-corrected chi connectivity index (χ3v) is 7.69. The zero-order chi connectivity index (χ0) is 24.3. The van der Waals surface area contributed by atoms with Crippen LogP contribution in [-0.2, 0) is 19.2 Å². The van der Waals surface area contributed by atoms with Crippen LogP contribution in [0.5, 0.6) is 0 Å². The quantitative estimate of drug-likeness (QED) is 0.292. The van der Waals surface area contributed by atoms with Crippen molar-refractivity contribution < 1.29 is 39.6 Å². The van der Waals surface area contributed by atoms with Gasteiger partial charge in [0.15, 0.2) is 10.8 Å². The largest absolute Gasteiger partial charge is 0.480 e. The summed E-state index contributed by atoms with van der Waals surface area (Å²) in [4.78, 5) is 50.6. The van der Waals surface area contributed by atoms with Crippen LogP contribution in [0.15, 0.2) is 0 Å². The van der Waals surface area contributed by atoms with Gasteiger partial charge in [-0.1, -0.05) is 73.6 Å². The van der Waals surface area contributed by atoms with E-state index in [0.29, 0.717) is 32.1 Å². The molecule has 0 aromatic rings. The van der Waals surface area contributed by atoms with E-state index in [4.69, 9.17) is 0 Å². The van der Waals surface area contributed by atoms with Gasteiger partial charge in [0.05, 0.1) is 0 Å². The molecule has 1 aliphatic carbocycles. The molecule has 0 aromatic carbocycles. The number of carboxylic acids is 4. The van der Waals surface area contributed by atoms with Crippen LogP contribution in [0.1, 0.15) is 73.6 Å². The van der Waals surface area contributed by atoms with Crippen LogP contribution in [0, 0.1) is 46.3 Å². The summed E-state index contributed by atoms with van der Waals surface area (Å²) in [5.74, 6) is -11.1. The minimum Gasteiger partial charge on any atom is -0.480 e. The van der Waals surface area contributed by atoms with E-state index in [0.717, 1.165) is 0 Å². The van der Waals surface area contributed by atoms with Crippen LogP contribution in [0.25, 0.3) is 0 Å². The lowest BCUT2D eigenvalue weighted by Crippen LogP contribution is -2.62. The predicted octanol–water partition coefficient (Wildman–Crippen LogP) is 4.08. The lowest BCUT2D eigenvalue weighted by molar-refractivity contribution is -0.197. The molecule has 0 aliphatic heterocycles. The van der Waals surface area contributed by atoms with Gasteiger partial charge in [0, 0.05) is 0 Å². The van der Waals surface area contributed by atoms with Crippen LogP contribution < -0.4 is 0 Å². The van der Waals surface area contributed by atoms with Gasteiger partial charge in [-0.3, -0.25) is 19.2 Å². The topological polar surface area (TPSA) is 149 Å². The summed E-state index contributed by atoms with van der Waals surface area (Å²) in [5.41, 5.74) is -4.60. The highest BCUT2D eigenvalue weighted by atomic mass is 16.4. The second-order valence-electron chi connectivity index (χ2n) is 9.78. The first-order valence-electron chi connectivity index (χ1n) is 11.2. The summed E-state index contributed by atoms with van der Waals surface area (Å²) < 4.78 is 0. The second-order valence-corrected chi connectivity index (χ2v) is 9.78. The first kappa shape index (κ1) is 26.9. The van der Waals surface area contributed by atoms with Crippen LogP contribution in [0.2, 0.25) is 0 Å². The Labute approximate surface area is 184 Å². The van der Waals surface area contributed by atoms with Gasteiger partial charge in [0.25, 0.3) is 0 Å². The van der Waals surface area contributed by atoms with E-state index in [-0.39, 0.29) is 0 Å². The molecule has 1 saturated carbocycles. The van der Waals surface area contributed by atoms with E-state index >= 15 is 0 Å². The van der Waals surface area contributed by atoms with E-state index in [9.17, 15) is 39.6 Å². The Morgan fingerprint density at radius 2 is 1.16 bits per heavy atom. The van der Waals surface area contributed by atoms with Crippen LogP contribution in [-0.4, -0.2) is 44.3 Å². The first-order chi connectivity index (χ1) is 14.2. The highest BCUT2D eigenvalue weighted by Crippen LogP contribution is 2.58. The maximum atomic E-state index is 12.7. The summed E-state index contributed by atoms with van der Waals surface area (Å²) in [5, 5.41) is 41.1. The Bertz CT molecular complexity index is 668. The van der Waals surface area contributed by atoms with Crippen molar-refractivity contribution >= 4 is 23.9 Å². The zero-order valence-corrected chi connectivity index (χ0v) is 19.4. The Hall–Kier alpha value is -2.12. The van der Waals surface area contributed by atoms with Gasteiger partial charge < -0.3 is 20.4 Å². The van der Waals surface area contributed by atoms with Crippen LogP contribution in [0.4, 0.5) is 0 Å². The van der Waals surface area contributed by atoms with E-state index in [1.807, 2.05) is 6.92 Å². The average Bonchev–Trinajstić information content (AvgIpc) is 2.75. The van der Waals surface area contributed by atoms with Crippen molar-refractivity contribution in [3.05, 3.63) is 0 Å². The molecule has 178 valence electrons. The van der Waals surface area contributed by atoms with Gasteiger partial charge in [-0.25, -0.2) is 0 Å². The predicted molar refractivity (Wildman–Crippen MR) is 113 cm³/mol. The summed E-state index contributed by atoms with van der Waals surface area (Å²) in [6.07, 6.45) is 2.89. The minimum atomic E-state index is -2.30. The molecule has 0 radical (unpaired) electrons. The Balaban J connectivity index is 4.17. The van der Waals surface area contributed by atoms with E-state index in [1.165, 1.54) is 27.7 Å². The van der Waals surface area contributed by atoms with Gasteiger partial charge >= 0.3 is 23.9 Å². The van der Waals surface area contributed by atoms with Gasteiger partial charge in [-0.05, 0) is 35.5 Å². The Morgan fingerprint density at radius 1 is 0.774 bits per heavy atom. The fourth-order valence-electron chi connectivity index (χ4n) is 6.30. The number of hydrogen-bond acceptors (Lipinski definition) is 4. The van der Waals surface area contributed by atoms with E-state index in [1.54, 1.807) is 6.92 Å². The summed E-state index contributed by atoms with van der Waals surface area (Å²) in [7, 11) is 0. The van der Waals surface area contributed by atoms with Crippen molar-refractivity contribution in [2.24, 2.45) is 46.3 Å². The fraction of sp³-hybridized carbons (Fsp3) is 0.826. The van der Waals surface area contributed by atoms with Crippen molar-refractivity contribution in [2.45, 2.75) is 73.6 Å². The fourth-order valence-corrected chi connectivity index (χ4v) is 6.30. The molecule has 8 heteroatoms. The highest BCUT2D eigenvalue weighted by Gasteiger charge is 2.68. The first-order valence-corrected chi connectivity index (χ1v) is 11.2. The van der Waals surface area contributed by atoms with E-state index < -0.39 is 70.2 Å². The Kier molecular flexibility index (Phi) is 8.68. The molecule has 0 amide bonds. The van der Waals surface area contributed by atoms with Crippen molar-refractivity contribution in [3.8, 4) is 0 Å². The molecule has 4 N–H and O–H groups in total. The van der Waals surface area contributed by atoms with Gasteiger partial charge in [-0.15, -0.1) is 0 Å². The molecule has 31 heavy (non-hydrogen) atoms. The molecule has 0 saturated heterocycles. The van der Waals surface area contributed by atoms with Crippen molar-refractivity contribution in [3.63, 3.8) is 0 Å². The van der Waals surface area contributed by atoms with Crippen LogP contribution in [0.3, 0.4) is 0 Å². The van der Waals surface area contributed by atoms with Crippen molar-refractivity contribution in [2.75, 3.05) is 0 Å². The van der Waals surface area contributed by atoms with Crippen molar-refractivity contribution in [1.82, 2.24) is 0 Å². The van der Waals surface area contributed by atoms with Crippen LogP contribution >= 0.6 is 0 Å². The van der Waals surface area contributed by atoms with Gasteiger partial charge in [0.2, 0.25) is 0 Å². The normalized spacial score (nSPS) is 25.3. The number of rotatable bonds is 10. The van der Waals surface area contributed by atoms with Crippen molar-refractivity contribution in [1.29, 1.82) is 0 Å². The molecule has 0 heterocycles. The number of aliphatic carboxylic acids is 4. The van der Waals surface area contributed by atoms with Gasteiger partial charge in [0.1, 0.15) is 0 Å². The highest BCUT2D eigenvalue weighted by molar-refractivity contribution is 6.01. The number of hydrogen-bond donors (Lipinski definition) is 4. The molecule has 0 aromatic heterocycles. The minimum absolute atomic E-state index is 0.411. The second kappa shape index (κ2) is 10.0. The monoisotopic (exact) mass is 442 g/mol. The number of carbonyl (C=O) groups is 4. The molecular weight excluding hydrogens is 404 g/mol. The summed E-state index contributed by atoms with van der Waals surface area (Å²) in [6.45, 7) is 9.68.